The maximum atomic E-state index is 3.63. The first-order chi connectivity index (χ1) is 10.8. The summed E-state index contributed by atoms with van der Waals surface area (Å²) in [7, 11) is 0. The monoisotopic (exact) mass is 287 g/mol. The van der Waals surface area contributed by atoms with E-state index < -0.39 is 0 Å². The molecule has 3 aromatic carbocycles. The number of hydrogen-bond acceptors (Lipinski definition) is 1. The van der Waals surface area contributed by atoms with Crippen molar-refractivity contribution in [3.05, 3.63) is 96.1 Å². The molecule has 0 amide bonds. The van der Waals surface area contributed by atoms with Crippen LogP contribution in [0.3, 0.4) is 0 Å². The molecule has 0 saturated heterocycles. The molecule has 1 heteroatoms. The highest BCUT2D eigenvalue weighted by Crippen LogP contribution is 2.24. The minimum absolute atomic E-state index is 0.338. The zero-order valence-electron chi connectivity index (χ0n) is 12.9. The molecule has 22 heavy (non-hydrogen) atoms. The molecule has 0 saturated carbocycles. The second-order valence-corrected chi connectivity index (χ2v) is 5.54. The second-order valence-electron chi connectivity index (χ2n) is 5.54. The molecule has 1 nitrogen and oxygen atoms in total. The van der Waals surface area contributed by atoms with Gasteiger partial charge in [-0.05, 0) is 29.2 Å². The van der Waals surface area contributed by atoms with E-state index in [0.717, 1.165) is 6.54 Å². The van der Waals surface area contributed by atoms with Crippen LogP contribution in [0.15, 0.2) is 84.9 Å². The Balaban J connectivity index is 1.76. The first-order valence-electron chi connectivity index (χ1n) is 7.76. The average Bonchev–Trinajstić information content (AvgIpc) is 2.61. The highest BCUT2D eigenvalue weighted by Gasteiger charge is 2.07. The van der Waals surface area contributed by atoms with E-state index in [9.17, 15) is 0 Å². The summed E-state index contributed by atoms with van der Waals surface area (Å²) in [6, 6.07) is 30.1. The Hall–Kier alpha value is -2.38. The molecule has 0 bridgehead atoms. The minimum atomic E-state index is 0.338. The molecule has 110 valence electrons. The van der Waals surface area contributed by atoms with Gasteiger partial charge >= 0.3 is 0 Å². The SMILES string of the molecule is CC(NCc1ccccc1-c1ccccc1)c1ccccc1. The zero-order chi connectivity index (χ0) is 15.2. The maximum absolute atomic E-state index is 3.63. The lowest BCUT2D eigenvalue weighted by molar-refractivity contribution is 0.575. The Morgan fingerprint density at radius 3 is 2.05 bits per heavy atom. The molecular formula is C21H21N. The first-order valence-corrected chi connectivity index (χ1v) is 7.76. The summed E-state index contributed by atoms with van der Waals surface area (Å²) in [6.45, 7) is 3.07. The van der Waals surface area contributed by atoms with Gasteiger partial charge in [-0.15, -0.1) is 0 Å². The largest absolute Gasteiger partial charge is 0.306 e. The van der Waals surface area contributed by atoms with Crippen LogP contribution < -0.4 is 5.32 Å². The first kappa shape index (κ1) is 14.6. The molecule has 0 fully saturated rings. The topological polar surface area (TPSA) is 12.0 Å². The van der Waals surface area contributed by atoms with E-state index in [1.54, 1.807) is 0 Å². The quantitative estimate of drug-likeness (QED) is 0.679. The van der Waals surface area contributed by atoms with E-state index in [4.69, 9.17) is 0 Å². The molecule has 1 atom stereocenters. The van der Waals surface area contributed by atoms with Crippen LogP contribution in [0.25, 0.3) is 11.1 Å². The molecule has 0 aliphatic heterocycles. The van der Waals surface area contributed by atoms with Crippen molar-refractivity contribution in [3.8, 4) is 11.1 Å². The van der Waals surface area contributed by atoms with E-state index in [2.05, 4.69) is 97.2 Å². The highest BCUT2D eigenvalue weighted by molar-refractivity contribution is 5.67. The van der Waals surface area contributed by atoms with Gasteiger partial charge in [-0.1, -0.05) is 84.9 Å². The van der Waals surface area contributed by atoms with Gasteiger partial charge < -0.3 is 5.32 Å². The third-order valence-corrected chi connectivity index (χ3v) is 4.00. The zero-order valence-corrected chi connectivity index (χ0v) is 12.9. The van der Waals surface area contributed by atoms with Crippen molar-refractivity contribution < 1.29 is 0 Å². The van der Waals surface area contributed by atoms with Crippen LogP contribution in [0.1, 0.15) is 24.1 Å². The van der Waals surface area contributed by atoms with E-state index in [1.807, 2.05) is 0 Å². The summed E-state index contributed by atoms with van der Waals surface area (Å²) in [5.74, 6) is 0. The Bertz CT molecular complexity index is 704. The summed E-state index contributed by atoms with van der Waals surface area (Å²) >= 11 is 0. The van der Waals surface area contributed by atoms with Gasteiger partial charge in [0.1, 0.15) is 0 Å². The molecular weight excluding hydrogens is 266 g/mol. The summed E-state index contributed by atoms with van der Waals surface area (Å²) in [5, 5.41) is 3.63. The van der Waals surface area contributed by atoms with E-state index in [1.165, 1.54) is 22.3 Å². The van der Waals surface area contributed by atoms with Crippen molar-refractivity contribution in [1.82, 2.24) is 5.32 Å². The lowest BCUT2D eigenvalue weighted by atomic mass is 9.99. The predicted molar refractivity (Wildman–Crippen MR) is 93.6 cm³/mol. The normalized spacial score (nSPS) is 12.0. The number of hydrogen-bond donors (Lipinski definition) is 1. The van der Waals surface area contributed by atoms with Crippen LogP contribution >= 0.6 is 0 Å². The Labute approximate surface area is 132 Å². The fraction of sp³-hybridized carbons (Fsp3) is 0.143. The average molecular weight is 287 g/mol. The van der Waals surface area contributed by atoms with Gasteiger partial charge in [-0.2, -0.15) is 0 Å². The van der Waals surface area contributed by atoms with E-state index >= 15 is 0 Å². The lowest BCUT2D eigenvalue weighted by Crippen LogP contribution is -2.18. The molecule has 0 aromatic heterocycles. The van der Waals surface area contributed by atoms with Gasteiger partial charge in [0.05, 0.1) is 0 Å². The third-order valence-electron chi connectivity index (χ3n) is 4.00. The van der Waals surface area contributed by atoms with Crippen LogP contribution in [-0.2, 0) is 6.54 Å². The summed E-state index contributed by atoms with van der Waals surface area (Å²) in [5.41, 5.74) is 5.22. The van der Waals surface area contributed by atoms with Crippen molar-refractivity contribution >= 4 is 0 Å². The van der Waals surface area contributed by atoms with Crippen molar-refractivity contribution in [3.63, 3.8) is 0 Å². The fourth-order valence-corrected chi connectivity index (χ4v) is 2.70. The maximum Gasteiger partial charge on any atom is 0.0294 e. The fourth-order valence-electron chi connectivity index (χ4n) is 2.70. The summed E-state index contributed by atoms with van der Waals surface area (Å²) in [6.07, 6.45) is 0. The van der Waals surface area contributed by atoms with Crippen LogP contribution in [-0.4, -0.2) is 0 Å². The number of nitrogens with one attached hydrogen (secondary N) is 1. The van der Waals surface area contributed by atoms with Crippen molar-refractivity contribution in [2.45, 2.75) is 19.5 Å². The molecule has 3 rings (SSSR count). The Kier molecular flexibility index (Phi) is 4.67. The number of rotatable bonds is 5. The highest BCUT2D eigenvalue weighted by atomic mass is 14.9. The Morgan fingerprint density at radius 2 is 1.32 bits per heavy atom. The predicted octanol–water partition coefficient (Wildman–Crippen LogP) is 5.20. The summed E-state index contributed by atoms with van der Waals surface area (Å²) in [4.78, 5) is 0. The molecule has 0 heterocycles. The molecule has 0 aliphatic rings. The van der Waals surface area contributed by atoms with Gasteiger partial charge in [0, 0.05) is 12.6 Å². The van der Waals surface area contributed by atoms with Crippen LogP contribution in [0, 0.1) is 0 Å². The van der Waals surface area contributed by atoms with Crippen LogP contribution in [0.4, 0.5) is 0 Å². The van der Waals surface area contributed by atoms with Crippen LogP contribution in [0.2, 0.25) is 0 Å². The lowest BCUT2D eigenvalue weighted by Gasteiger charge is -2.16. The summed E-state index contributed by atoms with van der Waals surface area (Å²) < 4.78 is 0. The molecule has 1 N–H and O–H groups in total. The van der Waals surface area contributed by atoms with Gasteiger partial charge in [0.15, 0.2) is 0 Å². The Morgan fingerprint density at radius 1 is 0.727 bits per heavy atom. The smallest absolute Gasteiger partial charge is 0.0294 e. The third kappa shape index (κ3) is 3.44. The molecule has 0 spiro atoms. The van der Waals surface area contributed by atoms with Crippen molar-refractivity contribution in [1.29, 1.82) is 0 Å². The molecule has 0 radical (unpaired) electrons. The molecule has 3 aromatic rings. The van der Waals surface area contributed by atoms with Crippen molar-refractivity contribution in [2.24, 2.45) is 0 Å². The van der Waals surface area contributed by atoms with Crippen molar-refractivity contribution in [2.75, 3.05) is 0 Å². The van der Waals surface area contributed by atoms with Crippen LogP contribution in [0.5, 0.6) is 0 Å². The number of benzene rings is 3. The van der Waals surface area contributed by atoms with E-state index in [-0.39, 0.29) is 0 Å². The molecule has 1 unspecified atom stereocenters. The van der Waals surface area contributed by atoms with Gasteiger partial charge in [0.2, 0.25) is 0 Å². The van der Waals surface area contributed by atoms with E-state index in [0.29, 0.717) is 6.04 Å². The standard InChI is InChI=1S/C21H21N/c1-17(18-10-4-2-5-11-18)22-16-20-14-8-9-15-21(20)19-12-6-3-7-13-19/h2-15,17,22H,16H2,1H3. The van der Waals surface area contributed by atoms with Gasteiger partial charge in [-0.3, -0.25) is 0 Å². The van der Waals surface area contributed by atoms with Gasteiger partial charge in [-0.25, -0.2) is 0 Å². The van der Waals surface area contributed by atoms with Gasteiger partial charge in [0.25, 0.3) is 0 Å². The molecule has 0 aliphatic carbocycles. The minimum Gasteiger partial charge on any atom is -0.306 e. The second kappa shape index (κ2) is 7.06.